The van der Waals surface area contributed by atoms with Gasteiger partial charge in [-0.05, 0) is 30.7 Å². The van der Waals surface area contributed by atoms with E-state index in [9.17, 15) is 10.1 Å². The number of hydrogen-bond acceptors (Lipinski definition) is 4. The van der Waals surface area contributed by atoms with Gasteiger partial charge in [0.05, 0.1) is 4.92 Å². The molecule has 5 nitrogen and oxygen atoms in total. The molecule has 0 amide bonds. The first-order chi connectivity index (χ1) is 9.56. The van der Waals surface area contributed by atoms with Crippen molar-refractivity contribution >= 4 is 17.1 Å². The van der Waals surface area contributed by atoms with Crippen molar-refractivity contribution in [3.63, 3.8) is 0 Å². The molecule has 108 valence electrons. The second-order valence-corrected chi connectivity index (χ2v) is 6.24. The average molecular weight is 275 g/mol. The molecule has 3 rings (SSSR count). The molecule has 1 N–H and O–H groups in total. The van der Waals surface area contributed by atoms with E-state index in [1.54, 1.807) is 6.07 Å². The van der Waals surface area contributed by atoms with Crippen molar-refractivity contribution in [1.29, 1.82) is 0 Å². The lowest BCUT2D eigenvalue weighted by Gasteiger charge is -2.37. The van der Waals surface area contributed by atoms with Crippen molar-refractivity contribution in [2.24, 2.45) is 11.8 Å². The molecule has 2 atom stereocenters. The van der Waals surface area contributed by atoms with Crippen molar-refractivity contribution in [2.75, 3.05) is 29.9 Å². The van der Waals surface area contributed by atoms with Crippen LogP contribution in [0.4, 0.5) is 17.1 Å². The van der Waals surface area contributed by atoms with Crippen LogP contribution < -0.4 is 10.2 Å². The summed E-state index contributed by atoms with van der Waals surface area (Å²) in [5, 5.41) is 14.7. The molecule has 2 unspecified atom stereocenters. The first-order valence-corrected chi connectivity index (χ1v) is 7.35. The summed E-state index contributed by atoms with van der Waals surface area (Å²) in [5.74, 6) is 1.17. The molecule has 1 saturated heterocycles. The Labute approximate surface area is 119 Å². The molecule has 0 bridgehead atoms. The van der Waals surface area contributed by atoms with Gasteiger partial charge in [0.2, 0.25) is 0 Å². The van der Waals surface area contributed by atoms with Crippen molar-refractivity contribution in [1.82, 2.24) is 0 Å². The summed E-state index contributed by atoms with van der Waals surface area (Å²) in [4.78, 5) is 13.4. The van der Waals surface area contributed by atoms with E-state index < -0.39 is 0 Å². The molecule has 2 heterocycles. The Morgan fingerprint density at radius 2 is 2.00 bits per heavy atom. The fourth-order valence-electron chi connectivity index (χ4n) is 3.71. The van der Waals surface area contributed by atoms with Gasteiger partial charge < -0.3 is 10.2 Å². The number of anilines is 2. The zero-order chi connectivity index (χ0) is 14.3. The Morgan fingerprint density at radius 1 is 1.30 bits per heavy atom. The number of nitro groups is 1. The first kappa shape index (κ1) is 13.2. The van der Waals surface area contributed by atoms with Gasteiger partial charge in [0, 0.05) is 37.0 Å². The number of piperidine rings is 1. The molecule has 5 heteroatoms. The Morgan fingerprint density at radius 3 is 2.65 bits per heavy atom. The summed E-state index contributed by atoms with van der Waals surface area (Å²) in [6.07, 6.45) is 2.09. The highest BCUT2D eigenvalue weighted by atomic mass is 16.6. The van der Waals surface area contributed by atoms with Gasteiger partial charge in [-0.25, -0.2) is 0 Å². The number of nitrogens with one attached hydrogen (secondary N) is 1. The van der Waals surface area contributed by atoms with Crippen molar-refractivity contribution < 1.29 is 4.92 Å². The number of nitro benzene ring substituents is 1. The molecule has 2 aliphatic rings. The van der Waals surface area contributed by atoms with Gasteiger partial charge >= 0.3 is 0 Å². The van der Waals surface area contributed by atoms with E-state index in [0.29, 0.717) is 11.8 Å². The monoisotopic (exact) mass is 275 g/mol. The summed E-state index contributed by atoms with van der Waals surface area (Å²) < 4.78 is 0. The van der Waals surface area contributed by atoms with Gasteiger partial charge in [-0.3, -0.25) is 10.1 Å². The summed E-state index contributed by atoms with van der Waals surface area (Å²) >= 11 is 0. The van der Waals surface area contributed by atoms with Crippen LogP contribution in [0.5, 0.6) is 0 Å². The quantitative estimate of drug-likeness (QED) is 0.665. The molecule has 2 aliphatic heterocycles. The highest BCUT2D eigenvalue weighted by molar-refractivity contribution is 5.78. The third-order valence-corrected chi connectivity index (χ3v) is 4.33. The summed E-state index contributed by atoms with van der Waals surface area (Å²) in [6.45, 7) is 7.18. The predicted octanol–water partition coefficient (Wildman–Crippen LogP) is 3.05. The van der Waals surface area contributed by atoms with Crippen molar-refractivity contribution in [3.8, 4) is 0 Å². The largest absolute Gasteiger partial charge is 0.384 e. The fourth-order valence-corrected chi connectivity index (χ4v) is 3.71. The average Bonchev–Trinajstić information content (AvgIpc) is 2.84. The second kappa shape index (κ2) is 4.96. The van der Waals surface area contributed by atoms with E-state index in [0.717, 1.165) is 43.0 Å². The van der Waals surface area contributed by atoms with E-state index in [4.69, 9.17) is 0 Å². The third-order valence-electron chi connectivity index (χ3n) is 4.33. The molecule has 0 spiro atoms. The third kappa shape index (κ3) is 2.21. The highest BCUT2D eigenvalue weighted by Crippen LogP contribution is 2.41. The maximum absolute atomic E-state index is 11.4. The lowest BCUT2D eigenvalue weighted by Crippen LogP contribution is -2.39. The van der Waals surface area contributed by atoms with E-state index in [-0.39, 0.29) is 10.6 Å². The first-order valence-electron chi connectivity index (χ1n) is 7.35. The van der Waals surface area contributed by atoms with Crippen molar-refractivity contribution in [2.45, 2.75) is 26.7 Å². The second-order valence-electron chi connectivity index (χ2n) is 6.24. The van der Waals surface area contributed by atoms with Crippen LogP contribution in [0.1, 0.15) is 25.8 Å². The number of benzene rings is 1. The number of fused-ring (bicyclic) bond motifs is 1. The fraction of sp³-hybridized carbons (Fsp3) is 0.600. The van der Waals surface area contributed by atoms with Gasteiger partial charge in [-0.15, -0.1) is 0 Å². The Kier molecular flexibility index (Phi) is 3.28. The van der Waals surface area contributed by atoms with E-state index in [1.807, 2.05) is 6.07 Å². The molecule has 1 fully saturated rings. The zero-order valence-electron chi connectivity index (χ0n) is 12.1. The van der Waals surface area contributed by atoms with Crippen LogP contribution in [0.2, 0.25) is 0 Å². The normalized spacial score (nSPS) is 25.2. The van der Waals surface area contributed by atoms with E-state index in [1.165, 1.54) is 6.42 Å². The molecular formula is C15H21N3O2. The van der Waals surface area contributed by atoms with Gasteiger partial charge in [-0.1, -0.05) is 13.8 Å². The SMILES string of the molecule is CC1CC(C)CN(c2c([N+](=O)[O-])ccc3c2CCN3)C1. The smallest absolute Gasteiger partial charge is 0.292 e. The van der Waals surface area contributed by atoms with Crippen LogP contribution >= 0.6 is 0 Å². The van der Waals surface area contributed by atoms with Gasteiger partial charge in [-0.2, -0.15) is 0 Å². The Hall–Kier alpha value is -1.78. The molecular weight excluding hydrogens is 254 g/mol. The van der Waals surface area contributed by atoms with Gasteiger partial charge in [0.15, 0.2) is 0 Å². The number of nitrogens with zero attached hydrogens (tertiary/aromatic N) is 2. The van der Waals surface area contributed by atoms with Crippen LogP contribution in [-0.2, 0) is 6.42 Å². The minimum Gasteiger partial charge on any atom is -0.384 e. The Bertz CT molecular complexity index is 534. The number of rotatable bonds is 2. The summed E-state index contributed by atoms with van der Waals surface area (Å²) in [6, 6.07) is 3.50. The van der Waals surface area contributed by atoms with E-state index >= 15 is 0 Å². The minimum absolute atomic E-state index is 0.238. The van der Waals surface area contributed by atoms with Crippen LogP contribution in [0, 0.1) is 22.0 Å². The lowest BCUT2D eigenvalue weighted by atomic mass is 9.90. The lowest BCUT2D eigenvalue weighted by molar-refractivity contribution is -0.384. The molecule has 0 aromatic heterocycles. The van der Waals surface area contributed by atoms with Crippen LogP contribution in [0.15, 0.2) is 12.1 Å². The van der Waals surface area contributed by atoms with Crippen LogP contribution in [0.3, 0.4) is 0 Å². The maximum Gasteiger partial charge on any atom is 0.292 e. The molecule has 20 heavy (non-hydrogen) atoms. The van der Waals surface area contributed by atoms with Crippen molar-refractivity contribution in [3.05, 3.63) is 27.8 Å². The minimum atomic E-state index is -0.238. The Balaban J connectivity index is 2.06. The van der Waals surface area contributed by atoms with Crippen LogP contribution in [0.25, 0.3) is 0 Å². The van der Waals surface area contributed by atoms with Gasteiger partial charge in [0.1, 0.15) is 5.69 Å². The molecule has 0 saturated carbocycles. The van der Waals surface area contributed by atoms with Gasteiger partial charge in [0.25, 0.3) is 5.69 Å². The molecule has 0 aliphatic carbocycles. The maximum atomic E-state index is 11.4. The topological polar surface area (TPSA) is 58.4 Å². The molecule has 0 radical (unpaired) electrons. The summed E-state index contributed by atoms with van der Waals surface area (Å²) in [5.41, 5.74) is 3.31. The number of hydrogen-bond donors (Lipinski definition) is 1. The predicted molar refractivity (Wildman–Crippen MR) is 80.4 cm³/mol. The summed E-state index contributed by atoms with van der Waals surface area (Å²) in [7, 11) is 0. The molecule has 1 aromatic carbocycles. The van der Waals surface area contributed by atoms with Crippen LogP contribution in [-0.4, -0.2) is 24.6 Å². The van der Waals surface area contributed by atoms with E-state index in [2.05, 4.69) is 24.1 Å². The molecule has 1 aromatic rings. The standard InChI is InChI=1S/C15H21N3O2/c1-10-7-11(2)9-17(8-10)15-12-5-6-16-13(12)3-4-14(15)18(19)20/h3-4,10-11,16H,5-9H2,1-2H3. The highest BCUT2D eigenvalue weighted by Gasteiger charge is 2.31. The zero-order valence-corrected chi connectivity index (χ0v) is 12.1.